The van der Waals surface area contributed by atoms with Crippen LogP contribution in [0.2, 0.25) is 0 Å². The minimum Gasteiger partial charge on any atom is -0.383 e. The molecule has 0 radical (unpaired) electrons. The number of hydrogen-bond acceptors (Lipinski definition) is 6. The summed E-state index contributed by atoms with van der Waals surface area (Å²) in [5.41, 5.74) is 4.31. The van der Waals surface area contributed by atoms with Crippen molar-refractivity contribution in [2.75, 3.05) is 20.3 Å². The molecule has 1 heterocycles. The molecule has 0 saturated heterocycles. The Balaban J connectivity index is 1.93. The molecule has 1 aromatic carbocycles. The van der Waals surface area contributed by atoms with Gasteiger partial charge in [0.05, 0.1) is 6.61 Å². The molecule has 6 heteroatoms. The van der Waals surface area contributed by atoms with Gasteiger partial charge < -0.3 is 10.1 Å². The average Bonchev–Trinajstić information content (AvgIpc) is 2.91. The van der Waals surface area contributed by atoms with Crippen LogP contribution in [0.15, 0.2) is 32.9 Å². The highest BCUT2D eigenvalue weighted by molar-refractivity contribution is 8.01. The molecule has 1 N–H and O–H groups in total. The van der Waals surface area contributed by atoms with Crippen LogP contribution in [0.25, 0.3) is 0 Å². The van der Waals surface area contributed by atoms with Crippen molar-refractivity contribution >= 4 is 23.1 Å². The van der Waals surface area contributed by atoms with E-state index < -0.39 is 0 Å². The van der Waals surface area contributed by atoms with Crippen molar-refractivity contribution in [1.82, 2.24) is 15.5 Å². The Kier molecular flexibility index (Phi) is 5.78. The average molecular weight is 295 g/mol. The molecule has 0 aliphatic heterocycles. The summed E-state index contributed by atoms with van der Waals surface area (Å²) in [5, 5.41) is 11.2. The number of nitrogens with zero attached hydrogens (tertiary/aromatic N) is 2. The van der Waals surface area contributed by atoms with Crippen LogP contribution in [-0.4, -0.2) is 30.5 Å². The second-order valence-electron chi connectivity index (χ2n) is 4.08. The molecular formula is C13H17N3OS2. The molecular weight excluding hydrogens is 278 g/mol. The third-order valence-electron chi connectivity index (χ3n) is 2.59. The van der Waals surface area contributed by atoms with Crippen LogP contribution in [0, 0.1) is 6.92 Å². The second kappa shape index (κ2) is 7.59. The highest BCUT2D eigenvalue weighted by Gasteiger charge is 2.05. The molecule has 4 nitrogen and oxygen atoms in total. The first-order valence-electron chi connectivity index (χ1n) is 6.03. The Morgan fingerprint density at radius 1 is 1.42 bits per heavy atom. The summed E-state index contributed by atoms with van der Waals surface area (Å²) < 4.78 is 5.98. The lowest BCUT2D eigenvalue weighted by Gasteiger charge is -2.08. The van der Waals surface area contributed by atoms with Crippen molar-refractivity contribution in [2.24, 2.45) is 0 Å². The first kappa shape index (κ1) is 14.5. The van der Waals surface area contributed by atoms with Gasteiger partial charge in [-0.2, -0.15) is 0 Å². The van der Waals surface area contributed by atoms with Gasteiger partial charge in [-0.3, -0.25) is 0 Å². The number of hydrogen-bond donors (Lipinski definition) is 1. The van der Waals surface area contributed by atoms with E-state index in [2.05, 4.69) is 40.6 Å². The van der Waals surface area contributed by atoms with Crippen molar-refractivity contribution in [3.8, 4) is 0 Å². The molecule has 0 amide bonds. The van der Waals surface area contributed by atoms with Gasteiger partial charge in [-0.15, -0.1) is 10.2 Å². The molecule has 19 heavy (non-hydrogen) atoms. The fourth-order valence-electron chi connectivity index (χ4n) is 1.64. The largest absolute Gasteiger partial charge is 0.383 e. The van der Waals surface area contributed by atoms with Gasteiger partial charge in [-0.05, 0) is 24.1 Å². The fourth-order valence-corrected chi connectivity index (χ4v) is 3.15. The Bertz CT molecular complexity index is 503. The summed E-state index contributed by atoms with van der Waals surface area (Å²) in [4.78, 5) is 1.23. The van der Waals surface area contributed by atoms with Crippen molar-refractivity contribution in [3.05, 3.63) is 34.8 Å². The Morgan fingerprint density at radius 3 is 3.00 bits per heavy atom. The van der Waals surface area contributed by atoms with Crippen LogP contribution < -0.4 is 5.32 Å². The summed E-state index contributed by atoms with van der Waals surface area (Å²) in [5.74, 6) is 0. The molecule has 2 aromatic rings. The van der Waals surface area contributed by atoms with Crippen molar-refractivity contribution in [2.45, 2.75) is 22.7 Å². The van der Waals surface area contributed by atoms with Crippen LogP contribution in [0.4, 0.5) is 0 Å². The summed E-state index contributed by atoms with van der Waals surface area (Å²) >= 11 is 3.23. The summed E-state index contributed by atoms with van der Waals surface area (Å²) in [7, 11) is 1.71. The van der Waals surface area contributed by atoms with E-state index in [9.17, 15) is 0 Å². The maximum absolute atomic E-state index is 5.00. The molecule has 0 aliphatic rings. The molecule has 0 fully saturated rings. The highest BCUT2D eigenvalue weighted by atomic mass is 32.2. The zero-order valence-electron chi connectivity index (χ0n) is 11.0. The van der Waals surface area contributed by atoms with Gasteiger partial charge in [0.2, 0.25) is 0 Å². The molecule has 2 rings (SSSR count). The predicted octanol–water partition coefficient (Wildman–Crippen LogP) is 2.73. The normalized spacial score (nSPS) is 10.8. The maximum atomic E-state index is 5.00. The number of ether oxygens (including phenoxy) is 1. The van der Waals surface area contributed by atoms with Crippen LogP contribution >= 0.6 is 23.1 Å². The van der Waals surface area contributed by atoms with Crippen molar-refractivity contribution in [1.29, 1.82) is 0 Å². The van der Waals surface area contributed by atoms with Gasteiger partial charge in [0, 0.05) is 25.1 Å². The zero-order valence-corrected chi connectivity index (χ0v) is 12.7. The lowest BCUT2D eigenvalue weighted by molar-refractivity contribution is 0.199. The van der Waals surface area contributed by atoms with E-state index in [4.69, 9.17) is 4.74 Å². The topological polar surface area (TPSA) is 47.0 Å². The molecule has 0 atom stereocenters. The molecule has 0 unspecified atom stereocenters. The lowest BCUT2D eigenvalue weighted by Crippen LogP contribution is -2.18. The van der Waals surface area contributed by atoms with Gasteiger partial charge in [-0.1, -0.05) is 35.2 Å². The van der Waals surface area contributed by atoms with Gasteiger partial charge in [-0.25, -0.2) is 0 Å². The second-order valence-corrected chi connectivity index (χ2v) is 6.20. The SMILES string of the molecule is COCCNCc1ccc(Sc2nncs2)c(C)c1. The summed E-state index contributed by atoms with van der Waals surface area (Å²) in [6, 6.07) is 6.51. The van der Waals surface area contributed by atoms with E-state index in [1.54, 1.807) is 35.7 Å². The van der Waals surface area contributed by atoms with E-state index in [0.29, 0.717) is 0 Å². The Labute approximate surface area is 121 Å². The number of methoxy groups -OCH3 is 1. The van der Waals surface area contributed by atoms with E-state index in [-0.39, 0.29) is 0 Å². The Morgan fingerprint density at radius 2 is 2.32 bits per heavy atom. The third-order valence-corrected chi connectivity index (χ3v) is 4.54. The number of benzene rings is 1. The monoisotopic (exact) mass is 295 g/mol. The van der Waals surface area contributed by atoms with Gasteiger partial charge >= 0.3 is 0 Å². The van der Waals surface area contributed by atoms with Crippen molar-refractivity contribution in [3.63, 3.8) is 0 Å². The number of rotatable bonds is 7. The van der Waals surface area contributed by atoms with Crippen LogP contribution in [0.1, 0.15) is 11.1 Å². The number of aryl methyl sites for hydroxylation is 1. The van der Waals surface area contributed by atoms with Crippen LogP contribution in [0.5, 0.6) is 0 Å². The molecule has 1 aromatic heterocycles. The smallest absolute Gasteiger partial charge is 0.178 e. The summed E-state index contributed by atoms with van der Waals surface area (Å²) in [6.45, 7) is 4.61. The molecule has 0 spiro atoms. The maximum Gasteiger partial charge on any atom is 0.178 e. The van der Waals surface area contributed by atoms with Gasteiger partial charge in [0.25, 0.3) is 0 Å². The molecule has 102 valence electrons. The Hall–Kier alpha value is -0.950. The first-order chi connectivity index (χ1) is 9.29. The molecule has 0 aliphatic carbocycles. The zero-order chi connectivity index (χ0) is 13.5. The van der Waals surface area contributed by atoms with E-state index >= 15 is 0 Å². The number of nitrogens with one attached hydrogen (secondary N) is 1. The van der Waals surface area contributed by atoms with E-state index in [1.165, 1.54) is 16.0 Å². The van der Waals surface area contributed by atoms with Crippen LogP contribution in [0.3, 0.4) is 0 Å². The van der Waals surface area contributed by atoms with Crippen LogP contribution in [-0.2, 0) is 11.3 Å². The standard InChI is InChI=1S/C13H17N3OS2/c1-10-7-11(8-14-5-6-17-2)3-4-12(10)19-13-16-15-9-18-13/h3-4,7,9,14H,5-6,8H2,1-2H3. The predicted molar refractivity (Wildman–Crippen MR) is 78.8 cm³/mol. The third kappa shape index (κ3) is 4.58. The van der Waals surface area contributed by atoms with Gasteiger partial charge in [0.15, 0.2) is 4.34 Å². The highest BCUT2D eigenvalue weighted by Crippen LogP contribution is 2.31. The fraction of sp³-hybridized carbons (Fsp3) is 0.385. The van der Waals surface area contributed by atoms with Crippen molar-refractivity contribution < 1.29 is 4.74 Å². The lowest BCUT2D eigenvalue weighted by atomic mass is 10.1. The summed E-state index contributed by atoms with van der Waals surface area (Å²) in [6.07, 6.45) is 0. The first-order valence-corrected chi connectivity index (χ1v) is 7.72. The van der Waals surface area contributed by atoms with E-state index in [0.717, 1.165) is 24.0 Å². The molecule has 0 bridgehead atoms. The minimum absolute atomic E-state index is 0.740. The minimum atomic E-state index is 0.740. The number of aromatic nitrogens is 2. The van der Waals surface area contributed by atoms with Gasteiger partial charge in [0.1, 0.15) is 5.51 Å². The molecule has 0 saturated carbocycles. The quantitative estimate of drug-likeness (QED) is 0.796. The van der Waals surface area contributed by atoms with E-state index in [1.807, 2.05) is 0 Å².